The van der Waals surface area contributed by atoms with E-state index >= 15 is 0 Å². The van der Waals surface area contributed by atoms with Crippen LogP contribution in [0.4, 0.5) is 0 Å². The molecular weight excluding hydrogens is 256 g/mol. The molecule has 5 heteroatoms. The van der Waals surface area contributed by atoms with Gasteiger partial charge in [0.2, 0.25) is 0 Å². The maximum absolute atomic E-state index is 4.74. The van der Waals surface area contributed by atoms with Gasteiger partial charge in [0, 0.05) is 34.3 Å². The van der Waals surface area contributed by atoms with Crippen LogP contribution >= 0.6 is 35.3 Å². The van der Waals surface area contributed by atoms with Gasteiger partial charge in [0.1, 0.15) is 0 Å². The third-order valence-corrected chi connectivity index (χ3v) is 6.64. The third kappa shape index (κ3) is 4.08. The molecule has 0 aromatic carbocycles. The zero-order valence-electron chi connectivity index (χ0n) is 9.78. The molecule has 0 amide bonds. The van der Waals surface area contributed by atoms with Crippen molar-refractivity contribution in [3.05, 3.63) is 0 Å². The molecule has 0 aliphatic carbocycles. The van der Waals surface area contributed by atoms with Crippen LogP contribution in [0.2, 0.25) is 0 Å². The zero-order chi connectivity index (χ0) is 11.2. The first kappa shape index (κ1) is 13.0. The van der Waals surface area contributed by atoms with Crippen molar-refractivity contribution in [2.24, 2.45) is 4.99 Å². The van der Waals surface area contributed by atoms with E-state index in [0.717, 1.165) is 11.8 Å². The van der Waals surface area contributed by atoms with E-state index in [1.54, 1.807) is 0 Å². The summed E-state index contributed by atoms with van der Waals surface area (Å²) < 4.78 is 0. The molecule has 2 fully saturated rings. The van der Waals surface area contributed by atoms with Crippen LogP contribution in [-0.2, 0) is 0 Å². The maximum atomic E-state index is 4.74. The summed E-state index contributed by atoms with van der Waals surface area (Å²) in [6.07, 6.45) is 2.50. The topological polar surface area (TPSA) is 24.4 Å². The largest absolute Gasteiger partial charge is 0.362 e. The SMILES string of the molecule is CCC1CCSC(=NCC2CSCCS2)N1. The first-order valence-corrected chi connectivity index (χ1v) is 9.20. The van der Waals surface area contributed by atoms with Gasteiger partial charge in [-0.05, 0) is 12.8 Å². The van der Waals surface area contributed by atoms with Crippen LogP contribution in [0, 0.1) is 0 Å². The summed E-state index contributed by atoms with van der Waals surface area (Å²) in [7, 11) is 0. The highest BCUT2D eigenvalue weighted by Crippen LogP contribution is 2.24. The molecule has 2 nitrogen and oxygen atoms in total. The van der Waals surface area contributed by atoms with Crippen LogP contribution in [0.15, 0.2) is 4.99 Å². The van der Waals surface area contributed by atoms with Crippen molar-refractivity contribution in [1.82, 2.24) is 5.32 Å². The Balaban J connectivity index is 1.77. The van der Waals surface area contributed by atoms with Crippen molar-refractivity contribution in [2.75, 3.05) is 29.6 Å². The van der Waals surface area contributed by atoms with Crippen LogP contribution in [0.5, 0.6) is 0 Å². The molecule has 2 unspecified atom stereocenters. The standard InChI is InChI=1S/C11H20N2S3/c1-2-9-3-4-16-11(13-9)12-7-10-8-14-5-6-15-10/h9-10H,2-8H2,1H3,(H,12,13). The van der Waals surface area contributed by atoms with Crippen molar-refractivity contribution in [2.45, 2.75) is 31.1 Å². The normalized spacial score (nSPS) is 33.7. The monoisotopic (exact) mass is 276 g/mol. The lowest BCUT2D eigenvalue weighted by Crippen LogP contribution is -2.37. The highest BCUT2D eigenvalue weighted by atomic mass is 32.2. The van der Waals surface area contributed by atoms with Crippen LogP contribution < -0.4 is 5.32 Å². The van der Waals surface area contributed by atoms with Crippen LogP contribution in [0.3, 0.4) is 0 Å². The van der Waals surface area contributed by atoms with E-state index in [2.05, 4.69) is 35.8 Å². The summed E-state index contributed by atoms with van der Waals surface area (Å²) in [5, 5.41) is 5.47. The van der Waals surface area contributed by atoms with Crippen LogP contribution in [0.1, 0.15) is 19.8 Å². The lowest BCUT2D eigenvalue weighted by atomic mass is 10.2. The zero-order valence-corrected chi connectivity index (χ0v) is 12.2. The van der Waals surface area contributed by atoms with Gasteiger partial charge >= 0.3 is 0 Å². The average Bonchev–Trinajstić information content (AvgIpc) is 2.38. The smallest absolute Gasteiger partial charge is 0.156 e. The molecule has 0 spiro atoms. The molecule has 2 rings (SSSR count). The van der Waals surface area contributed by atoms with Crippen LogP contribution in [0.25, 0.3) is 0 Å². The van der Waals surface area contributed by atoms with Gasteiger partial charge in [-0.25, -0.2) is 0 Å². The minimum Gasteiger partial charge on any atom is -0.362 e. The molecule has 0 aromatic rings. The summed E-state index contributed by atoms with van der Waals surface area (Å²) in [4.78, 5) is 4.74. The summed E-state index contributed by atoms with van der Waals surface area (Å²) in [5.74, 6) is 5.14. The lowest BCUT2D eigenvalue weighted by Gasteiger charge is -2.25. The molecular formula is C11H20N2S3. The van der Waals surface area contributed by atoms with Crippen molar-refractivity contribution in [3.8, 4) is 0 Å². The molecule has 2 saturated heterocycles. The number of hydrogen-bond acceptors (Lipinski definition) is 4. The van der Waals surface area contributed by atoms with E-state index in [9.17, 15) is 0 Å². The van der Waals surface area contributed by atoms with Crippen molar-refractivity contribution in [1.29, 1.82) is 0 Å². The van der Waals surface area contributed by atoms with Gasteiger partial charge < -0.3 is 5.32 Å². The summed E-state index contributed by atoms with van der Waals surface area (Å²) in [6.45, 7) is 3.25. The molecule has 16 heavy (non-hydrogen) atoms. The minimum absolute atomic E-state index is 0.661. The Bertz CT molecular complexity index is 239. The molecule has 0 saturated carbocycles. The number of hydrogen-bond donors (Lipinski definition) is 1. The molecule has 2 heterocycles. The molecule has 0 radical (unpaired) electrons. The first-order valence-electron chi connectivity index (χ1n) is 6.01. The molecule has 1 N–H and O–H groups in total. The second-order valence-electron chi connectivity index (χ2n) is 4.10. The Hall–Kier alpha value is 0.520. The highest BCUT2D eigenvalue weighted by Gasteiger charge is 2.17. The third-order valence-electron chi connectivity index (χ3n) is 2.85. The van der Waals surface area contributed by atoms with Gasteiger partial charge in [-0.3, -0.25) is 4.99 Å². The van der Waals surface area contributed by atoms with E-state index in [-0.39, 0.29) is 0 Å². The Labute approximate surface area is 111 Å². The highest BCUT2D eigenvalue weighted by molar-refractivity contribution is 8.13. The predicted octanol–water partition coefficient (Wildman–Crippen LogP) is 2.70. The number of thioether (sulfide) groups is 3. The Morgan fingerprint density at radius 2 is 2.31 bits per heavy atom. The fraction of sp³-hybridized carbons (Fsp3) is 0.909. The average molecular weight is 276 g/mol. The molecule has 2 aliphatic rings. The summed E-state index contributed by atoms with van der Waals surface area (Å²) in [6, 6.07) is 0.661. The Morgan fingerprint density at radius 1 is 1.38 bits per heavy atom. The lowest BCUT2D eigenvalue weighted by molar-refractivity contribution is 0.570. The minimum atomic E-state index is 0.661. The Kier molecular flexibility index (Phi) is 5.72. The predicted molar refractivity (Wildman–Crippen MR) is 80.2 cm³/mol. The van der Waals surface area contributed by atoms with E-state index in [1.165, 1.54) is 41.0 Å². The van der Waals surface area contributed by atoms with E-state index in [0.29, 0.717) is 6.04 Å². The number of nitrogens with one attached hydrogen (secondary N) is 1. The maximum Gasteiger partial charge on any atom is 0.156 e. The fourth-order valence-electron chi connectivity index (χ4n) is 1.81. The fourth-order valence-corrected chi connectivity index (χ4v) is 5.40. The van der Waals surface area contributed by atoms with Crippen LogP contribution in [-0.4, -0.2) is 46.0 Å². The number of aliphatic imine (C=N–C) groups is 1. The van der Waals surface area contributed by atoms with Gasteiger partial charge in [-0.15, -0.1) is 0 Å². The Morgan fingerprint density at radius 3 is 3.06 bits per heavy atom. The van der Waals surface area contributed by atoms with Gasteiger partial charge in [-0.2, -0.15) is 23.5 Å². The molecule has 0 aromatic heterocycles. The van der Waals surface area contributed by atoms with E-state index in [1.807, 2.05) is 11.8 Å². The summed E-state index contributed by atoms with van der Waals surface area (Å²) in [5.41, 5.74) is 0. The molecule has 2 atom stereocenters. The first-order chi connectivity index (χ1) is 7.88. The van der Waals surface area contributed by atoms with Gasteiger partial charge in [0.15, 0.2) is 5.17 Å². The summed E-state index contributed by atoms with van der Waals surface area (Å²) >= 11 is 6.06. The number of nitrogens with zero attached hydrogens (tertiary/aromatic N) is 1. The molecule has 2 aliphatic heterocycles. The van der Waals surface area contributed by atoms with E-state index in [4.69, 9.17) is 4.99 Å². The van der Waals surface area contributed by atoms with Gasteiger partial charge in [0.05, 0.1) is 6.54 Å². The molecule has 92 valence electrons. The van der Waals surface area contributed by atoms with Gasteiger partial charge in [0.25, 0.3) is 0 Å². The van der Waals surface area contributed by atoms with E-state index < -0.39 is 0 Å². The van der Waals surface area contributed by atoms with Crippen molar-refractivity contribution < 1.29 is 0 Å². The quantitative estimate of drug-likeness (QED) is 0.856. The second kappa shape index (κ2) is 7.07. The number of amidine groups is 1. The van der Waals surface area contributed by atoms with Crippen molar-refractivity contribution >= 4 is 40.5 Å². The number of rotatable bonds is 3. The van der Waals surface area contributed by atoms with Gasteiger partial charge in [-0.1, -0.05) is 18.7 Å². The molecule has 0 bridgehead atoms. The second-order valence-corrected chi connectivity index (χ2v) is 7.74. The van der Waals surface area contributed by atoms with Crippen molar-refractivity contribution in [3.63, 3.8) is 0 Å².